The normalized spacial score (nSPS) is 18.9. The highest BCUT2D eigenvalue weighted by Gasteiger charge is 2.33. The summed E-state index contributed by atoms with van der Waals surface area (Å²) in [4.78, 5) is 38.1. The van der Waals surface area contributed by atoms with E-state index in [0.29, 0.717) is 42.3 Å². The van der Waals surface area contributed by atoms with Gasteiger partial charge in [-0.05, 0) is 37.5 Å². The molecule has 1 aliphatic heterocycles. The molecule has 0 spiro atoms. The number of hydrogen-bond donors (Lipinski definition) is 1. The molecular formula is C24H29ClFN5O2S. The first-order valence-electron chi connectivity index (χ1n) is 11.6. The Balaban J connectivity index is 1.30. The molecule has 182 valence electrons. The molecule has 34 heavy (non-hydrogen) atoms. The van der Waals surface area contributed by atoms with Crippen molar-refractivity contribution in [3.05, 3.63) is 46.9 Å². The van der Waals surface area contributed by atoms with Crippen LogP contribution in [0.4, 0.5) is 10.2 Å². The van der Waals surface area contributed by atoms with Gasteiger partial charge in [-0.3, -0.25) is 9.59 Å². The lowest BCUT2D eigenvalue weighted by molar-refractivity contribution is -0.137. The minimum atomic E-state index is -0.309. The fourth-order valence-corrected chi connectivity index (χ4v) is 5.41. The first kappa shape index (κ1) is 24.7. The SMILES string of the molecule is CC1CN(c2cc(Cl)nc(SCC(=O)NCc3ccc(F)cc3)n2)CCN1C(=O)C1CCCC1. The molecule has 2 aromatic rings. The van der Waals surface area contributed by atoms with Crippen molar-refractivity contribution < 1.29 is 14.0 Å². The number of carbonyl (C=O) groups excluding carboxylic acids is 2. The standard InChI is InChI=1S/C24H29ClFN5O2S/c1-16-14-30(10-11-31(16)23(33)18-4-2-3-5-18)21-12-20(25)28-24(29-21)34-15-22(32)27-13-17-6-8-19(26)9-7-17/h6-9,12,16,18H,2-5,10-11,13-15H2,1H3,(H,27,32). The van der Waals surface area contributed by atoms with E-state index < -0.39 is 0 Å². The average Bonchev–Trinajstić information content (AvgIpc) is 3.37. The fraction of sp³-hybridized carbons (Fsp3) is 0.500. The molecule has 2 amide bonds. The number of nitrogens with one attached hydrogen (secondary N) is 1. The van der Waals surface area contributed by atoms with Crippen LogP contribution in [0.15, 0.2) is 35.5 Å². The number of benzene rings is 1. The zero-order valence-corrected chi connectivity index (χ0v) is 20.7. The van der Waals surface area contributed by atoms with Gasteiger partial charge in [0.25, 0.3) is 0 Å². The van der Waals surface area contributed by atoms with Gasteiger partial charge in [0.05, 0.1) is 5.75 Å². The van der Waals surface area contributed by atoms with Crippen molar-refractivity contribution in [2.24, 2.45) is 5.92 Å². The molecule has 1 aromatic heterocycles. The van der Waals surface area contributed by atoms with Crippen molar-refractivity contribution in [2.45, 2.75) is 50.4 Å². The van der Waals surface area contributed by atoms with E-state index in [1.54, 1.807) is 18.2 Å². The second-order valence-electron chi connectivity index (χ2n) is 8.83. The number of halogens is 2. The summed E-state index contributed by atoms with van der Waals surface area (Å²) in [7, 11) is 0. The Hall–Kier alpha value is -2.39. The number of carbonyl (C=O) groups is 2. The molecule has 7 nitrogen and oxygen atoms in total. The Morgan fingerprint density at radius 3 is 2.62 bits per heavy atom. The summed E-state index contributed by atoms with van der Waals surface area (Å²) in [5, 5.41) is 3.55. The quantitative estimate of drug-likeness (QED) is 0.349. The predicted octanol–water partition coefficient (Wildman–Crippen LogP) is 3.90. The largest absolute Gasteiger partial charge is 0.353 e. The molecule has 0 bridgehead atoms. The Morgan fingerprint density at radius 1 is 1.18 bits per heavy atom. The van der Waals surface area contributed by atoms with E-state index in [4.69, 9.17) is 11.6 Å². The molecule has 1 unspecified atom stereocenters. The van der Waals surface area contributed by atoms with Gasteiger partial charge >= 0.3 is 0 Å². The summed E-state index contributed by atoms with van der Waals surface area (Å²) in [5.74, 6) is 0.825. The lowest BCUT2D eigenvalue weighted by Gasteiger charge is -2.41. The molecule has 1 saturated carbocycles. The average molecular weight is 506 g/mol. The summed E-state index contributed by atoms with van der Waals surface area (Å²) in [6.45, 7) is 4.41. The minimum Gasteiger partial charge on any atom is -0.353 e. The lowest BCUT2D eigenvalue weighted by atomic mass is 10.0. The van der Waals surface area contributed by atoms with Gasteiger partial charge in [0.15, 0.2) is 5.16 Å². The number of anilines is 1. The van der Waals surface area contributed by atoms with E-state index in [2.05, 4.69) is 27.1 Å². The molecular weight excluding hydrogens is 477 g/mol. The van der Waals surface area contributed by atoms with Gasteiger partial charge < -0.3 is 15.1 Å². The highest BCUT2D eigenvalue weighted by atomic mass is 35.5. The smallest absolute Gasteiger partial charge is 0.230 e. The summed E-state index contributed by atoms with van der Waals surface area (Å²) in [6, 6.07) is 7.81. The summed E-state index contributed by atoms with van der Waals surface area (Å²) < 4.78 is 13.0. The van der Waals surface area contributed by atoms with Gasteiger partial charge in [-0.1, -0.05) is 48.3 Å². The van der Waals surface area contributed by atoms with Crippen LogP contribution in [0.5, 0.6) is 0 Å². The fourth-order valence-electron chi connectivity index (χ4n) is 4.50. The van der Waals surface area contributed by atoms with Crippen LogP contribution in [0, 0.1) is 11.7 Å². The Morgan fingerprint density at radius 2 is 1.91 bits per heavy atom. The molecule has 0 radical (unpaired) electrons. The molecule has 1 aromatic carbocycles. The van der Waals surface area contributed by atoms with Gasteiger partial charge in [-0.2, -0.15) is 0 Å². The van der Waals surface area contributed by atoms with Crippen LogP contribution < -0.4 is 10.2 Å². The van der Waals surface area contributed by atoms with Crippen LogP contribution >= 0.6 is 23.4 Å². The first-order chi connectivity index (χ1) is 16.4. The van der Waals surface area contributed by atoms with E-state index in [1.165, 1.54) is 23.9 Å². The van der Waals surface area contributed by atoms with Crippen LogP contribution in [0.3, 0.4) is 0 Å². The highest BCUT2D eigenvalue weighted by Crippen LogP contribution is 2.29. The van der Waals surface area contributed by atoms with Gasteiger partial charge in [0.2, 0.25) is 11.8 Å². The zero-order valence-electron chi connectivity index (χ0n) is 19.2. The molecule has 1 N–H and O–H groups in total. The third-order valence-corrected chi connectivity index (χ3v) is 7.38. The molecule has 1 saturated heterocycles. The van der Waals surface area contributed by atoms with Crippen LogP contribution in [-0.2, 0) is 16.1 Å². The van der Waals surface area contributed by atoms with Gasteiger partial charge in [-0.15, -0.1) is 0 Å². The summed E-state index contributed by atoms with van der Waals surface area (Å²) in [6.07, 6.45) is 4.31. The van der Waals surface area contributed by atoms with E-state index in [1.807, 2.05) is 4.90 Å². The Bertz CT molecular complexity index is 1020. The molecule has 1 aliphatic carbocycles. The second kappa shape index (κ2) is 11.4. The van der Waals surface area contributed by atoms with Gasteiger partial charge in [0, 0.05) is 44.2 Å². The van der Waals surface area contributed by atoms with Crippen LogP contribution in [0.2, 0.25) is 5.15 Å². The summed E-state index contributed by atoms with van der Waals surface area (Å²) in [5.41, 5.74) is 0.820. The van der Waals surface area contributed by atoms with Crippen molar-refractivity contribution in [2.75, 3.05) is 30.3 Å². The van der Waals surface area contributed by atoms with Gasteiger partial charge in [-0.25, -0.2) is 14.4 Å². The zero-order chi connectivity index (χ0) is 24.1. The van der Waals surface area contributed by atoms with Crippen LogP contribution in [-0.4, -0.2) is 58.1 Å². The maximum Gasteiger partial charge on any atom is 0.230 e. The number of hydrogen-bond acceptors (Lipinski definition) is 6. The van der Waals surface area contributed by atoms with Crippen LogP contribution in [0.1, 0.15) is 38.2 Å². The third-order valence-electron chi connectivity index (χ3n) is 6.34. The van der Waals surface area contributed by atoms with E-state index in [9.17, 15) is 14.0 Å². The third kappa shape index (κ3) is 6.39. The monoisotopic (exact) mass is 505 g/mol. The maximum atomic E-state index is 13.0. The van der Waals surface area contributed by atoms with Crippen LogP contribution in [0.25, 0.3) is 0 Å². The van der Waals surface area contributed by atoms with E-state index in [-0.39, 0.29) is 35.3 Å². The number of rotatable bonds is 7. The molecule has 2 fully saturated rings. The minimum absolute atomic E-state index is 0.0870. The Kier molecular flexibility index (Phi) is 8.26. The van der Waals surface area contributed by atoms with Crippen molar-refractivity contribution in [3.8, 4) is 0 Å². The number of piperazine rings is 1. The molecule has 2 aliphatic rings. The number of thioether (sulfide) groups is 1. The molecule has 2 heterocycles. The topological polar surface area (TPSA) is 78.4 Å². The number of aromatic nitrogens is 2. The maximum absolute atomic E-state index is 13.0. The predicted molar refractivity (Wildman–Crippen MR) is 131 cm³/mol. The molecule has 10 heteroatoms. The van der Waals surface area contributed by atoms with Crippen molar-refractivity contribution in [3.63, 3.8) is 0 Å². The lowest BCUT2D eigenvalue weighted by Crippen LogP contribution is -2.55. The molecule has 1 atom stereocenters. The first-order valence-corrected chi connectivity index (χ1v) is 13.0. The van der Waals surface area contributed by atoms with Gasteiger partial charge in [0.1, 0.15) is 16.8 Å². The van der Waals surface area contributed by atoms with Crippen molar-refractivity contribution >= 4 is 41.0 Å². The van der Waals surface area contributed by atoms with E-state index in [0.717, 1.165) is 31.2 Å². The highest BCUT2D eigenvalue weighted by molar-refractivity contribution is 7.99. The summed E-state index contributed by atoms with van der Waals surface area (Å²) >= 11 is 7.46. The van der Waals surface area contributed by atoms with Crippen molar-refractivity contribution in [1.29, 1.82) is 0 Å². The number of amides is 2. The van der Waals surface area contributed by atoms with E-state index >= 15 is 0 Å². The molecule has 4 rings (SSSR count). The second-order valence-corrected chi connectivity index (χ2v) is 10.2. The Labute approximate surface area is 208 Å². The number of nitrogens with zero attached hydrogens (tertiary/aromatic N) is 4. The van der Waals surface area contributed by atoms with Crippen molar-refractivity contribution in [1.82, 2.24) is 20.2 Å².